The predicted octanol–water partition coefficient (Wildman–Crippen LogP) is 3.07. The molecule has 10 heteroatoms. The first-order valence-electron chi connectivity index (χ1n) is 7.18. The Labute approximate surface area is 138 Å². The highest BCUT2D eigenvalue weighted by atomic mass is 32.2. The second-order valence-corrected chi connectivity index (χ2v) is 7.07. The van der Waals surface area contributed by atoms with Crippen LogP contribution >= 0.6 is 0 Å². The topological polar surface area (TPSA) is 69.2 Å². The summed E-state index contributed by atoms with van der Waals surface area (Å²) in [7, 11) is -0.488. The second-order valence-electron chi connectivity index (χ2n) is 5.26. The van der Waals surface area contributed by atoms with Gasteiger partial charge in [-0.15, -0.1) is 13.2 Å². The SMILES string of the molecule is O=C(/N=S1\CCC2(C1)OCCO2)Nc1ccc(OC(F)(F)F)cc1. The summed E-state index contributed by atoms with van der Waals surface area (Å²) in [5.41, 5.74) is 0.337. The molecule has 132 valence electrons. The van der Waals surface area contributed by atoms with Crippen LogP contribution in [0.15, 0.2) is 28.6 Å². The molecule has 1 unspecified atom stereocenters. The quantitative estimate of drug-likeness (QED) is 0.876. The Morgan fingerprint density at radius 2 is 1.92 bits per heavy atom. The highest BCUT2D eigenvalue weighted by molar-refractivity contribution is 7.87. The molecule has 0 bridgehead atoms. The minimum atomic E-state index is -4.75. The van der Waals surface area contributed by atoms with Gasteiger partial charge in [0.15, 0.2) is 5.79 Å². The molecule has 2 saturated heterocycles. The highest BCUT2D eigenvalue weighted by Gasteiger charge is 2.42. The van der Waals surface area contributed by atoms with Crippen molar-refractivity contribution in [3.63, 3.8) is 0 Å². The van der Waals surface area contributed by atoms with Crippen LogP contribution in [-0.2, 0) is 20.2 Å². The molecule has 1 N–H and O–H groups in total. The van der Waals surface area contributed by atoms with Crippen LogP contribution in [0.3, 0.4) is 0 Å². The molecule has 3 rings (SSSR count). The first-order valence-corrected chi connectivity index (χ1v) is 8.70. The first-order chi connectivity index (χ1) is 11.3. The molecule has 2 fully saturated rings. The molecule has 1 spiro atoms. The van der Waals surface area contributed by atoms with Crippen LogP contribution in [0.2, 0.25) is 0 Å². The zero-order valence-electron chi connectivity index (χ0n) is 12.5. The fourth-order valence-electron chi connectivity index (χ4n) is 2.48. The Morgan fingerprint density at radius 3 is 2.54 bits per heavy atom. The third kappa shape index (κ3) is 4.46. The van der Waals surface area contributed by atoms with E-state index in [1.165, 1.54) is 12.1 Å². The summed E-state index contributed by atoms with van der Waals surface area (Å²) >= 11 is 0. The summed E-state index contributed by atoms with van der Waals surface area (Å²) in [5, 5.41) is 2.52. The Kier molecular flexibility index (Phi) is 4.79. The van der Waals surface area contributed by atoms with Crippen molar-refractivity contribution in [1.82, 2.24) is 0 Å². The Bertz CT molecular complexity index is 642. The molecule has 0 radical (unpaired) electrons. The number of anilines is 1. The molecule has 2 aliphatic rings. The number of benzene rings is 1. The first kappa shape index (κ1) is 17.2. The number of halogens is 3. The van der Waals surface area contributed by atoms with Crippen molar-refractivity contribution in [3.05, 3.63) is 24.3 Å². The molecule has 0 aromatic heterocycles. The van der Waals surface area contributed by atoms with E-state index in [0.717, 1.165) is 12.1 Å². The van der Waals surface area contributed by atoms with Crippen LogP contribution in [0.1, 0.15) is 6.42 Å². The maximum Gasteiger partial charge on any atom is 0.573 e. The van der Waals surface area contributed by atoms with Crippen LogP contribution in [0, 0.1) is 0 Å². The Balaban J connectivity index is 1.56. The van der Waals surface area contributed by atoms with Gasteiger partial charge in [0.25, 0.3) is 0 Å². The van der Waals surface area contributed by atoms with Crippen molar-refractivity contribution in [1.29, 1.82) is 0 Å². The molecule has 1 atom stereocenters. The summed E-state index contributed by atoms with van der Waals surface area (Å²) in [6.07, 6.45) is -4.04. The van der Waals surface area contributed by atoms with Gasteiger partial charge in [-0.25, -0.2) is 4.79 Å². The normalized spacial score (nSPS) is 22.9. The molecule has 1 aromatic carbocycles. The number of nitrogens with one attached hydrogen (secondary N) is 1. The number of hydrogen-bond acceptors (Lipinski definition) is 4. The van der Waals surface area contributed by atoms with Crippen LogP contribution in [0.5, 0.6) is 5.75 Å². The van der Waals surface area contributed by atoms with E-state index in [-0.39, 0.29) is 5.75 Å². The van der Waals surface area contributed by atoms with E-state index < -0.39 is 28.9 Å². The lowest BCUT2D eigenvalue weighted by Crippen LogP contribution is -2.30. The molecule has 0 aliphatic carbocycles. The number of alkyl halides is 3. The summed E-state index contributed by atoms with van der Waals surface area (Å²) in [6.45, 7) is 1.10. The fourth-order valence-corrected chi connectivity index (χ4v) is 4.42. The van der Waals surface area contributed by atoms with E-state index in [1.807, 2.05) is 0 Å². The van der Waals surface area contributed by atoms with Crippen LogP contribution in [0.4, 0.5) is 23.7 Å². The number of amides is 2. The third-order valence-corrected chi connectivity index (χ3v) is 5.34. The highest BCUT2D eigenvalue weighted by Crippen LogP contribution is 2.31. The molecule has 6 nitrogen and oxygen atoms in total. The van der Waals surface area contributed by atoms with Gasteiger partial charge >= 0.3 is 12.4 Å². The third-order valence-electron chi connectivity index (χ3n) is 3.47. The summed E-state index contributed by atoms with van der Waals surface area (Å²) in [5.74, 6) is 0.321. The number of urea groups is 1. The lowest BCUT2D eigenvalue weighted by molar-refractivity contribution is -0.274. The number of ether oxygens (including phenoxy) is 3. The zero-order chi connectivity index (χ0) is 17.2. The van der Waals surface area contributed by atoms with Gasteiger partial charge in [-0.2, -0.15) is 4.36 Å². The molecular weight excluding hydrogens is 349 g/mol. The van der Waals surface area contributed by atoms with Crippen molar-refractivity contribution in [2.75, 3.05) is 30.0 Å². The average molecular weight is 364 g/mol. The van der Waals surface area contributed by atoms with Gasteiger partial charge in [0, 0.05) is 17.9 Å². The van der Waals surface area contributed by atoms with E-state index in [0.29, 0.717) is 36.8 Å². The van der Waals surface area contributed by atoms with Gasteiger partial charge in [-0.3, -0.25) is 0 Å². The molecular formula is C14H15F3N2O4S. The van der Waals surface area contributed by atoms with Gasteiger partial charge in [0.1, 0.15) is 5.75 Å². The number of nitrogens with zero attached hydrogens (tertiary/aromatic N) is 1. The fraction of sp³-hybridized carbons (Fsp3) is 0.500. The van der Waals surface area contributed by atoms with Crippen molar-refractivity contribution in [2.24, 2.45) is 4.36 Å². The van der Waals surface area contributed by atoms with Gasteiger partial charge in [0.05, 0.1) is 19.0 Å². The maximum atomic E-state index is 12.1. The molecule has 1 aromatic rings. The number of rotatable bonds is 2. The number of hydrogen-bond donors (Lipinski definition) is 1. The minimum Gasteiger partial charge on any atom is -0.406 e. The van der Waals surface area contributed by atoms with Crippen molar-refractivity contribution >= 4 is 22.4 Å². The molecule has 2 amide bonds. The number of carbonyl (C=O) groups is 1. The van der Waals surface area contributed by atoms with E-state index >= 15 is 0 Å². The van der Waals surface area contributed by atoms with E-state index in [4.69, 9.17) is 9.47 Å². The smallest absolute Gasteiger partial charge is 0.406 e. The molecule has 2 aliphatic heterocycles. The predicted molar refractivity (Wildman–Crippen MR) is 80.9 cm³/mol. The summed E-state index contributed by atoms with van der Waals surface area (Å²) < 4.78 is 55.2. The van der Waals surface area contributed by atoms with Crippen molar-refractivity contribution < 1.29 is 32.2 Å². The maximum absolute atomic E-state index is 12.1. The van der Waals surface area contributed by atoms with Gasteiger partial charge in [0.2, 0.25) is 0 Å². The largest absolute Gasteiger partial charge is 0.573 e. The molecule has 2 heterocycles. The monoisotopic (exact) mass is 364 g/mol. The molecule has 24 heavy (non-hydrogen) atoms. The van der Waals surface area contributed by atoms with E-state index in [1.54, 1.807) is 0 Å². The van der Waals surface area contributed by atoms with Crippen molar-refractivity contribution in [3.8, 4) is 5.75 Å². The van der Waals surface area contributed by atoms with Gasteiger partial charge in [-0.05, 0) is 24.3 Å². The van der Waals surface area contributed by atoms with Crippen LogP contribution in [0.25, 0.3) is 0 Å². The van der Waals surface area contributed by atoms with E-state index in [9.17, 15) is 18.0 Å². The van der Waals surface area contributed by atoms with Gasteiger partial charge in [-0.1, -0.05) is 10.7 Å². The van der Waals surface area contributed by atoms with Gasteiger partial charge < -0.3 is 19.5 Å². The summed E-state index contributed by atoms with van der Waals surface area (Å²) in [6, 6.07) is 4.33. The second kappa shape index (κ2) is 6.69. The standard InChI is InChI=1S/C14H15F3N2O4S/c15-14(16,17)23-11-3-1-10(2-4-11)18-12(20)19-24-8-5-13(9-24)21-6-7-22-13/h1-4H,5-9H2,(H,18,20). The Morgan fingerprint density at radius 1 is 1.25 bits per heavy atom. The Hall–Kier alpha value is -1.65. The van der Waals surface area contributed by atoms with Crippen molar-refractivity contribution in [2.45, 2.75) is 18.6 Å². The van der Waals surface area contributed by atoms with Crippen LogP contribution in [-0.4, -0.2) is 42.9 Å². The lowest BCUT2D eigenvalue weighted by atomic mass is 10.2. The molecule has 0 saturated carbocycles. The zero-order valence-corrected chi connectivity index (χ0v) is 13.3. The van der Waals surface area contributed by atoms with Crippen LogP contribution < -0.4 is 10.1 Å². The minimum absolute atomic E-state index is 0.337. The number of carbonyl (C=O) groups excluding carboxylic acids is 1. The lowest BCUT2D eigenvalue weighted by Gasteiger charge is -2.19. The average Bonchev–Trinajstić information content (AvgIpc) is 3.10. The van der Waals surface area contributed by atoms with E-state index in [2.05, 4.69) is 14.4 Å². The summed E-state index contributed by atoms with van der Waals surface area (Å²) in [4.78, 5) is 11.9.